The lowest BCUT2D eigenvalue weighted by Crippen LogP contribution is -2.39. The molecule has 4 nitrogen and oxygen atoms in total. The second-order valence-corrected chi connectivity index (χ2v) is 5.28. The van der Waals surface area contributed by atoms with Gasteiger partial charge < -0.3 is 0 Å². The Kier molecular flexibility index (Phi) is 2.26. The average molecular weight is 242 g/mol. The molecule has 1 unspecified atom stereocenters. The quantitative estimate of drug-likeness (QED) is 0.787. The number of rotatable bonds is 2. The maximum absolute atomic E-state index is 13.3. The first kappa shape index (κ1) is 11.1. The van der Waals surface area contributed by atoms with Crippen LogP contribution in [0.4, 0.5) is 8.78 Å². The molecule has 1 atom stereocenters. The summed E-state index contributed by atoms with van der Waals surface area (Å²) in [4.78, 5) is 6.21. The van der Waals surface area contributed by atoms with Crippen molar-refractivity contribution >= 4 is 0 Å². The van der Waals surface area contributed by atoms with E-state index in [0.717, 1.165) is 18.8 Å². The van der Waals surface area contributed by atoms with Crippen LogP contribution < -0.4 is 0 Å². The molecule has 1 aromatic rings. The fourth-order valence-electron chi connectivity index (χ4n) is 2.85. The normalized spacial score (nSPS) is 31.9. The van der Waals surface area contributed by atoms with Crippen molar-refractivity contribution in [3.8, 4) is 0 Å². The summed E-state index contributed by atoms with van der Waals surface area (Å²) >= 11 is 0. The highest BCUT2D eigenvalue weighted by molar-refractivity contribution is 5.13. The lowest BCUT2D eigenvalue weighted by Gasteiger charge is -2.32. The zero-order chi connectivity index (χ0) is 12.1. The van der Waals surface area contributed by atoms with Gasteiger partial charge >= 0.3 is 0 Å². The molecular formula is C11H16F2N4. The van der Waals surface area contributed by atoms with Crippen LogP contribution in [0.3, 0.4) is 0 Å². The highest BCUT2D eigenvalue weighted by Gasteiger charge is 2.71. The molecule has 1 spiro atoms. The fourth-order valence-corrected chi connectivity index (χ4v) is 2.85. The summed E-state index contributed by atoms with van der Waals surface area (Å²) in [5.74, 6) is -1.60. The molecule has 1 aromatic heterocycles. The molecule has 6 heteroatoms. The second kappa shape index (κ2) is 3.48. The van der Waals surface area contributed by atoms with Crippen molar-refractivity contribution in [2.24, 2.45) is 12.5 Å². The van der Waals surface area contributed by atoms with Gasteiger partial charge in [-0.1, -0.05) is 0 Å². The van der Waals surface area contributed by atoms with Crippen LogP contribution in [0.1, 0.15) is 25.1 Å². The molecule has 0 radical (unpaired) electrons. The number of hydrogen-bond donors (Lipinski definition) is 0. The number of likely N-dealkylation sites (tertiary alicyclic amines) is 1. The van der Waals surface area contributed by atoms with Crippen molar-refractivity contribution in [1.82, 2.24) is 19.7 Å². The van der Waals surface area contributed by atoms with Crippen LogP contribution in [0.2, 0.25) is 0 Å². The number of hydrogen-bond acceptors (Lipinski definition) is 3. The van der Waals surface area contributed by atoms with Gasteiger partial charge in [0.15, 0.2) is 0 Å². The van der Waals surface area contributed by atoms with Crippen molar-refractivity contribution in [2.75, 3.05) is 13.1 Å². The highest BCUT2D eigenvalue weighted by Crippen LogP contribution is 2.64. The van der Waals surface area contributed by atoms with Gasteiger partial charge in [0.25, 0.3) is 5.92 Å². The first-order chi connectivity index (χ1) is 8.02. The van der Waals surface area contributed by atoms with Gasteiger partial charge in [-0.25, -0.2) is 13.8 Å². The molecule has 3 rings (SSSR count). The number of piperidine rings is 1. The van der Waals surface area contributed by atoms with Crippen molar-refractivity contribution in [1.29, 1.82) is 0 Å². The minimum Gasteiger partial charge on any atom is -0.295 e. The van der Waals surface area contributed by atoms with Crippen molar-refractivity contribution in [2.45, 2.75) is 31.7 Å². The van der Waals surface area contributed by atoms with Crippen LogP contribution in [0.15, 0.2) is 6.33 Å². The van der Waals surface area contributed by atoms with Gasteiger partial charge in [-0.05, 0) is 19.4 Å². The van der Waals surface area contributed by atoms with Gasteiger partial charge in [-0.3, -0.25) is 9.58 Å². The van der Waals surface area contributed by atoms with E-state index in [4.69, 9.17) is 0 Å². The number of nitrogens with zero attached hydrogens (tertiary/aromatic N) is 4. The third-order valence-electron chi connectivity index (χ3n) is 4.04. The zero-order valence-electron chi connectivity index (χ0n) is 9.86. The van der Waals surface area contributed by atoms with E-state index in [9.17, 15) is 8.78 Å². The van der Waals surface area contributed by atoms with Gasteiger partial charge in [0.2, 0.25) is 0 Å². The Balaban J connectivity index is 1.68. The Morgan fingerprint density at radius 2 is 2.24 bits per heavy atom. The second-order valence-electron chi connectivity index (χ2n) is 5.28. The summed E-state index contributed by atoms with van der Waals surface area (Å²) in [6.07, 6.45) is 3.08. The number of aromatic nitrogens is 3. The molecular weight excluding hydrogens is 226 g/mol. The van der Waals surface area contributed by atoms with E-state index in [2.05, 4.69) is 15.0 Å². The van der Waals surface area contributed by atoms with E-state index in [-0.39, 0.29) is 6.42 Å². The summed E-state index contributed by atoms with van der Waals surface area (Å²) in [6.45, 7) is 1.99. The zero-order valence-corrected chi connectivity index (χ0v) is 9.86. The van der Waals surface area contributed by atoms with E-state index >= 15 is 0 Å². The minimum absolute atomic E-state index is 0.0648. The third-order valence-corrected chi connectivity index (χ3v) is 4.04. The predicted octanol–water partition coefficient (Wildman–Crippen LogP) is 1.44. The van der Waals surface area contributed by atoms with Gasteiger partial charge in [-0.15, -0.1) is 0 Å². The fraction of sp³-hybridized carbons (Fsp3) is 0.818. The van der Waals surface area contributed by atoms with Gasteiger partial charge in [-0.2, -0.15) is 5.10 Å². The van der Waals surface area contributed by atoms with Gasteiger partial charge in [0, 0.05) is 20.0 Å². The summed E-state index contributed by atoms with van der Waals surface area (Å²) in [7, 11) is 1.83. The van der Waals surface area contributed by atoms with Crippen molar-refractivity contribution in [3.63, 3.8) is 0 Å². The number of halogens is 2. The SMILES string of the molecule is Cn1ncnc1CN1CCCC2(C1)CC2(F)F. The molecule has 0 amide bonds. The minimum atomic E-state index is -2.44. The molecule has 1 saturated carbocycles. The third kappa shape index (κ3) is 1.74. The number of alkyl halides is 2. The molecule has 17 heavy (non-hydrogen) atoms. The van der Waals surface area contributed by atoms with E-state index in [1.165, 1.54) is 6.33 Å². The molecule has 0 bridgehead atoms. The smallest absolute Gasteiger partial charge is 0.255 e. The Hall–Kier alpha value is -1.04. The summed E-state index contributed by atoms with van der Waals surface area (Å²) < 4.78 is 28.4. The summed E-state index contributed by atoms with van der Waals surface area (Å²) in [6, 6.07) is 0. The topological polar surface area (TPSA) is 34.0 Å². The largest absolute Gasteiger partial charge is 0.295 e. The standard InChI is InChI=1S/C11H16F2N4/c1-16-9(14-8-15-16)5-17-4-2-3-10(7-17)6-11(10,12)13/h8H,2-7H2,1H3. The molecule has 94 valence electrons. The highest BCUT2D eigenvalue weighted by atomic mass is 19.3. The molecule has 0 aromatic carbocycles. The molecule has 0 N–H and O–H groups in total. The summed E-state index contributed by atoms with van der Waals surface area (Å²) in [5, 5.41) is 3.99. The average Bonchev–Trinajstić information content (AvgIpc) is 2.57. The monoisotopic (exact) mass is 242 g/mol. The molecule has 2 heterocycles. The maximum Gasteiger partial charge on any atom is 0.255 e. The van der Waals surface area contributed by atoms with Crippen molar-refractivity contribution < 1.29 is 8.78 Å². The van der Waals surface area contributed by atoms with E-state index in [1.807, 2.05) is 7.05 Å². The van der Waals surface area contributed by atoms with Crippen LogP contribution in [0, 0.1) is 5.41 Å². The first-order valence-corrected chi connectivity index (χ1v) is 5.96. The van der Waals surface area contributed by atoms with Gasteiger partial charge in [0.05, 0.1) is 12.0 Å². The number of aryl methyl sites for hydroxylation is 1. The predicted molar refractivity (Wildman–Crippen MR) is 57.5 cm³/mol. The molecule has 1 saturated heterocycles. The Morgan fingerprint density at radius 1 is 1.47 bits per heavy atom. The maximum atomic E-state index is 13.3. The van der Waals surface area contributed by atoms with E-state index in [0.29, 0.717) is 19.5 Å². The lowest BCUT2D eigenvalue weighted by atomic mass is 9.94. The Morgan fingerprint density at radius 3 is 2.82 bits per heavy atom. The molecule has 1 aliphatic carbocycles. The Labute approximate surface area is 98.6 Å². The first-order valence-electron chi connectivity index (χ1n) is 5.96. The molecule has 2 aliphatic rings. The molecule has 2 fully saturated rings. The van der Waals surface area contributed by atoms with E-state index < -0.39 is 11.3 Å². The Bertz CT molecular complexity index is 431. The lowest BCUT2D eigenvalue weighted by molar-refractivity contribution is 0.0219. The van der Waals surface area contributed by atoms with Crippen LogP contribution in [0.5, 0.6) is 0 Å². The van der Waals surface area contributed by atoms with Crippen molar-refractivity contribution in [3.05, 3.63) is 12.2 Å². The van der Waals surface area contributed by atoms with Crippen LogP contribution in [-0.4, -0.2) is 38.7 Å². The van der Waals surface area contributed by atoms with Gasteiger partial charge in [0.1, 0.15) is 12.2 Å². The van der Waals surface area contributed by atoms with E-state index in [1.54, 1.807) is 4.68 Å². The molecule has 1 aliphatic heterocycles. The summed E-state index contributed by atoms with van der Waals surface area (Å²) in [5.41, 5.74) is -0.732. The van der Waals surface area contributed by atoms with Crippen LogP contribution in [0.25, 0.3) is 0 Å². The van der Waals surface area contributed by atoms with Crippen LogP contribution in [-0.2, 0) is 13.6 Å². The van der Waals surface area contributed by atoms with Crippen LogP contribution >= 0.6 is 0 Å².